The van der Waals surface area contributed by atoms with Crippen molar-refractivity contribution in [2.45, 2.75) is 6.18 Å². The Bertz CT molecular complexity index is 873. The van der Waals surface area contributed by atoms with Gasteiger partial charge in [-0.05, 0) is 36.4 Å². The molecule has 0 saturated heterocycles. The number of para-hydroxylation sites is 1. The predicted molar refractivity (Wildman–Crippen MR) is 86.7 cm³/mol. The summed E-state index contributed by atoms with van der Waals surface area (Å²) in [6.07, 6.45) is -4.44. The third-order valence-corrected chi connectivity index (χ3v) is 3.40. The van der Waals surface area contributed by atoms with E-state index in [9.17, 15) is 18.0 Å². The Morgan fingerprint density at radius 1 is 0.920 bits per heavy atom. The van der Waals surface area contributed by atoms with Crippen molar-refractivity contribution in [1.29, 1.82) is 0 Å². The number of furan rings is 1. The number of rotatable bonds is 4. The van der Waals surface area contributed by atoms with Gasteiger partial charge in [-0.2, -0.15) is 13.2 Å². The lowest BCUT2D eigenvalue weighted by Gasteiger charge is -2.08. The largest absolute Gasteiger partial charge is 0.451 e. The lowest BCUT2D eigenvalue weighted by molar-refractivity contribution is -0.137. The Kier molecular flexibility index (Phi) is 4.47. The second kappa shape index (κ2) is 6.72. The van der Waals surface area contributed by atoms with Gasteiger partial charge in [-0.1, -0.05) is 30.3 Å². The molecule has 0 saturated carbocycles. The van der Waals surface area contributed by atoms with Crippen molar-refractivity contribution >= 4 is 11.6 Å². The summed E-state index contributed by atoms with van der Waals surface area (Å²) in [5, 5.41) is 0. The summed E-state index contributed by atoms with van der Waals surface area (Å²) >= 11 is 0. The van der Waals surface area contributed by atoms with Crippen LogP contribution < -0.4 is 10.9 Å². The highest BCUT2D eigenvalue weighted by Gasteiger charge is 2.30. The zero-order valence-electron chi connectivity index (χ0n) is 12.8. The van der Waals surface area contributed by atoms with E-state index < -0.39 is 17.6 Å². The first kappa shape index (κ1) is 16.6. The number of hydrogen-bond donors (Lipinski definition) is 2. The van der Waals surface area contributed by atoms with Crippen molar-refractivity contribution in [1.82, 2.24) is 5.43 Å². The average Bonchev–Trinajstić information content (AvgIpc) is 3.10. The van der Waals surface area contributed by atoms with Crippen molar-refractivity contribution in [2.24, 2.45) is 0 Å². The monoisotopic (exact) mass is 346 g/mol. The number of alkyl halides is 3. The average molecular weight is 346 g/mol. The van der Waals surface area contributed by atoms with Crippen LogP contribution in [0.25, 0.3) is 11.3 Å². The normalized spacial score (nSPS) is 11.2. The van der Waals surface area contributed by atoms with Gasteiger partial charge in [-0.15, -0.1) is 0 Å². The van der Waals surface area contributed by atoms with E-state index in [0.717, 1.165) is 12.1 Å². The molecule has 2 N–H and O–H groups in total. The first-order valence-electron chi connectivity index (χ1n) is 7.32. The standard InChI is InChI=1S/C18H13F3N2O2/c19-18(20,21)13-6-4-5-12(11-13)15-9-10-16(25-15)17(24)23-22-14-7-2-1-3-8-14/h1-11,22H,(H,23,24). The molecular weight excluding hydrogens is 333 g/mol. The lowest BCUT2D eigenvalue weighted by atomic mass is 10.1. The Morgan fingerprint density at radius 3 is 2.40 bits per heavy atom. The van der Waals surface area contributed by atoms with Crippen LogP contribution in [0.5, 0.6) is 0 Å². The Labute approximate surface area is 141 Å². The number of hydrazine groups is 1. The van der Waals surface area contributed by atoms with Crippen LogP contribution in [0.4, 0.5) is 18.9 Å². The van der Waals surface area contributed by atoms with Gasteiger partial charge in [0.15, 0.2) is 5.76 Å². The summed E-state index contributed by atoms with van der Waals surface area (Å²) in [5.74, 6) is -0.381. The van der Waals surface area contributed by atoms with Gasteiger partial charge in [0.1, 0.15) is 5.76 Å². The van der Waals surface area contributed by atoms with Crippen LogP contribution in [0.3, 0.4) is 0 Å². The third kappa shape index (κ3) is 4.00. The Balaban J connectivity index is 1.73. The molecule has 1 heterocycles. The molecule has 0 aliphatic carbocycles. The second-order valence-electron chi connectivity index (χ2n) is 5.19. The van der Waals surface area contributed by atoms with E-state index in [4.69, 9.17) is 4.42 Å². The SMILES string of the molecule is O=C(NNc1ccccc1)c1ccc(-c2cccc(C(F)(F)F)c2)o1. The summed E-state index contributed by atoms with van der Waals surface area (Å²) in [5.41, 5.74) is 5.31. The minimum atomic E-state index is -4.44. The minimum Gasteiger partial charge on any atom is -0.451 e. The molecule has 0 aliphatic heterocycles. The van der Waals surface area contributed by atoms with Crippen LogP contribution in [0.1, 0.15) is 16.1 Å². The molecule has 0 unspecified atom stereocenters. The smallest absolute Gasteiger partial charge is 0.416 e. The molecule has 3 aromatic rings. The molecule has 0 fully saturated rings. The number of halogens is 3. The van der Waals surface area contributed by atoms with Crippen molar-refractivity contribution in [3.63, 3.8) is 0 Å². The van der Waals surface area contributed by atoms with E-state index >= 15 is 0 Å². The van der Waals surface area contributed by atoms with E-state index in [0.29, 0.717) is 5.69 Å². The highest BCUT2D eigenvalue weighted by molar-refractivity contribution is 5.92. The van der Waals surface area contributed by atoms with Gasteiger partial charge >= 0.3 is 12.1 Å². The van der Waals surface area contributed by atoms with E-state index in [1.165, 1.54) is 24.3 Å². The predicted octanol–water partition coefficient (Wildman–Crippen LogP) is 4.72. The maximum atomic E-state index is 12.8. The number of carbonyl (C=O) groups excluding carboxylic acids is 1. The molecular formula is C18H13F3N2O2. The molecule has 128 valence electrons. The fraction of sp³-hybridized carbons (Fsp3) is 0.0556. The number of carbonyl (C=O) groups is 1. The first-order chi connectivity index (χ1) is 11.9. The molecule has 0 radical (unpaired) electrons. The van der Waals surface area contributed by atoms with E-state index in [1.807, 2.05) is 6.07 Å². The molecule has 7 heteroatoms. The molecule has 4 nitrogen and oxygen atoms in total. The van der Waals surface area contributed by atoms with Crippen molar-refractivity contribution in [3.8, 4) is 11.3 Å². The minimum absolute atomic E-state index is 0.0177. The number of amides is 1. The Hall–Kier alpha value is -3.22. The number of hydrogen-bond acceptors (Lipinski definition) is 3. The van der Waals surface area contributed by atoms with Gasteiger partial charge in [0.2, 0.25) is 0 Å². The maximum Gasteiger partial charge on any atom is 0.416 e. The van der Waals surface area contributed by atoms with Crippen molar-refractivity contribution in [3.05, 3.63) is 78.1 Å². The van der Waals surface area contributed by atoms with Crippen LogP contribution in [-0.4, -0.2) is 5.91 Å². The summed E-state index contributed by atoms with van der Waals surface area (Å²) in [7, 11) is 0. The first-order valence-corrected chi connectivity index (χ1v) is 7.32. The van der Waals surface area contributed by atoms with Gasteiger partial charge in [0.05, 0.1) is 11.3 Å². The molecule has 25 heavy (non-hydrogen) atoms. The molecule has 2 aromatic carbocycles. The van der Waals surface area contributed by atoms with Crippen LogP contribution >= 0.6 is 0 Å². The summed E-state index contributed by atoms with van der Waals surface area (Å²) in [6, 6.07) is 16.5. The number of benzene rings is 2. The zero-order chi connectivity index (χ0) is 17.9. The van der Waals surface area contributed by atoms with Gasteiger partial charge in [0.25, 0.3) is 0 Å². The van der Waals surface area contributed by atoms with Crippen LogP contribution in [0.2, 0.25) is 0 Å². The van der Waals surface area contributed by atoms with Crippen LogP contribution in [0.15, 0.2) is 71.1 Å². The molecule has 0 bridgehead atoms. The van der Waals surface area contributed by atoms with Crippen molar-refractivity contribution < 1.29 is 22.4 Å². The zero-order valence-corrected chi connectivity index (χ0v) is 12.8. The number of nitrogens with one attached hydrogen (secondary N) is 2. The fourth-order valence-corrected chi connectivity index (χ4v) is 2.18. The highest BCUT2D eigenvalue weighted by Crippen LogP contribution is 2.32. The van der Waals surface area contributed by atoms with Gasteiger partial charge in [-0.25, -0.2) is 0 Å². The van der Waals surface area contributed by atoms with Gasteiger partial charge in [-0.3, -0.25) is 15.6 Å². The van der Waals surface area contributed by atoms with Crippen LogP contribution in [0, 0.1) is 0 Å². The molecule has 0 aliphatic rings. The third-order valence-electron chi connectivity index (χ3n) is 3.40. The van der Waals surface area contributed by atoms with Gasteiger partial charge in [0, 0.05) is 5.56 Å². The summed E-state index contributed by atoms with van der Waals surface area (Å²) in [4.78, 5) is 12.0. The fourth-order valence-electron chi connectivity index (χ4n) is 2.18. The number of anilines is 1. The molecule has 1 aromatic heterocycles. The lowest BCUT2D eigenvalue weighted by Crippen LogP contribution is -2.28. The second-order valence-corrected chi connectivity index (χ2v) is 5.19. The van der Waals surface area contributed by atoms with E-state index in [2.05, 4.69) is 10.9 Å². The molecule has 3 rings (SSSR count). The topological polar surface area (TPSA) is 54.3 Å². The maximum absolute atomic E-state index is 12.8. The molecule has 1 amide bonds. The molecule has 0 atom stereocenters. The van der Waals surface area contributed by atoms with Crippen molar-refractivity contribution in [2.75, 3.05) is 5.43 Å². The summed E-state index contributed by atoms with van der Waals surface area (Å²) in [6.45, 7) is 0. The Morgan fingerprint density at radius 2 is 1.68 bits per heavy atom. The summed E-state index contributed by atoms with van der Waals surface area (Å²) < 4.78 is 43.7. The molecule has 0 spiro atoms. The van der Waals surface area contributed by atoms with E-state index in [-0.39, 0.29) is 17.1 Å². The van der Waals surface area contributed by atoms with E-state index in [1.54, 1.807) is 24.3 Å². The quantitative estimate of drug-likeness (QED) is 0.672. The van der Waals surface area contributed by atoms with Crippen LogP contribution in [-0.2, 0) is 6.18 Å². The highest BCUT2D eigenvalue weighted by atomic mass is 19.4. The van der Waals surface area contributed by atoms with Gasteiger partial charge < -0.3 is 4.42 Å².